The molecule has 1 aromatic carbocycles. The van der Waals surface area contributed by atoms with Crippen LogP contribution in [-0.2, 0) is 6.18 Å². The van der Waals surface area contributed by atoms with Crippen LogP contribution >= 0.6 is 0 Å². The quantitative estimate of drug-likeness (QED) is 0.730. The number of fused-ring (bicyclic) bond motifs is 1. The summed E-state index contributed by atoms with van der Waals surface area (Å²) in [4.78, 5) is 13.1. The van der Waals surface area contributed by atoms with Gasteiger partial charge >= 0.3 is 6.18 Å². The number of pyridine rings is 1. The van der Waals surface area contributed by atoms with Crippen molar-refractivity contribution in [1.29, 1.82) is 0 Å². The lowest BCUT2D eigenvalue weighted by Gasteiger charge is -2.22. The number of hydrogen-bond donors (Lipinski definition) is 1. The summed E-state index contributed by atoms with van der Waals surface area (Å²) in [7, 11) is 0. The summed E-state index contributed by atoms with van der Waals surface area (Å²) in [5, 5.41) is 3.34. The fourth-order valence-corrected chi connectivity index (χ4v) is 3.28. The maximum atomic E-state index is 12.8. The molecule has 3 aromatic rings. The summed E-state index contributed by atoms with van der Waals surface area (Å²) in [5.41, 5.74) is 1.49. The Labute approximate surface area is 160 Å². The van der Waals surface area contributed by atoms with E-state index in [4.69, 9.17) is 4.74 Å². The Morgan fingerprint density at radius 3 is 2.61 bits per heavy atom. The lowest BCUT2D eigenvalue weighted by molar-refractivity contribution is -0.137. The van der Waals surface area contributed by atoms with Gasteiger partial charge in [-0.05, 0) is 37.6 Å². The molecule has 1 atom stereocenters. The molecular weight excluding hydrogens is 369 g/mol. The zero-order valence-corrected chi connectivity index (χ0v) is 15.0. The molecule has 8 heteroatoms. The number of benzene rings is 1. The predicted molar refractivity (Wildman–Crippen MR) is 98.9 cm³/mol. The molecule has 0 amide bonds. The van der Waals surface area contributed by atoms with E-state index in [-0.39, 0.29) is 0 Å². The van der Waals surface area contributed by atoms with Crippen molar-refractivity contribution >= 4 is 11.0 Å². The summed E-state index contributed by atoms with van der Waals surface area (Å²) < 4.78 is 44.4. The number of halogens is 3. The van der Waals surface area contributed by atoms with Gasteiger partial charge in [0.1, 0.15) is 0 Å². The zero-order valence-electron chi connectivity index (χ0n) is 15.0. The highest BCUT2D eigenvalue weighted by Crippen LogP contribution is 2.32. The Morgan fingerprint density at radius 2 is 1.89 bits per heavy atom. The van der Waals surface area contributed by atoms with Gasteiger partial charge in [0.15, 0.2) is 5.52 Å². The number of hydrogen-bond acceptors (Lipinski definition) is 5. The topological polar surface area (TPSA) is 59.9 Å². The smallest absolute Gasteiger partial charge is 0.416 e. The van der Waals surface area contributed by atoms with Gasteiger partial charge in [-0.2, -0.15) is 13.2 Å². The van der Waals surface area contributed by atoms with Gasteiger partial charge in [0, 0.05) is 30.4 Å². The second-order valence-corrected chi connectivity index (χ2v) is 6.84. The van der Waals surface area contributed by atoms with E-state index in [1.807, 2.05) is 0 Å². The first kappa shape index (κ1) is 18.6. The summed E-state index contributed by atoms with van der Waals surface area (Å²) >= 11 is 0. The van der Waals surface area contributed by atoms with E-state index in [0.29, 0.717) is 40.7 Å². The van der Waals surface area contributed by atoms with E-state index >= 15 is 0 Å². The third-order valence-corrected chi connectivity index (χ3v) is 4.79. The minimum absolute atomic E-state index is 0.353. The normalized spacial score (nSPS) is 17.6. The van der Waals surface area contributed by atoms with Crippen LogP contribution in [0.25, 0.3) is 22.3 Å². The predicted octanol–water partition coefficient (Wildman–Crippen LogP) is 4.09. The average molecular weight is 388 g/mol. The van der Waals surface area contributed by atoms with Crippen LogP contribution < -0.4 is 10.1 Å². The maximum absolute atomic E-state index is 12.8. The van der Waals surface area contributed by atoms with Crippen molar-refractivity contribution in [3.05, 3.63) is 48.3 Å². The van der Waals surface area contributed by atoms with Gasteiger partial charge < -0.3 is 10.1 Å². The first-order valence-electron chi connectivity index (χ1n) is 9.13. The second-order valence-electron chi connectivity index (χ2n) is 6.84. The van der Waals surface area contributed by atoms with Crippen LogP contribution in [0.1, 0.15) is 18.4 Å². The van der Waals surface area contributed by atoms with Gasteiger partial charge in [0.2, 0.25) is 5.88 Å². The largest absolute Gasteiger partial charge is 0.476 e. The van der Waals surface area contributed by atoms with Gasteiger partial charge in [0.05, 0.1) is 23.4 Å². The lowest BCUT2D eigenvalue weighted by Crippen LogP contribution is -2.33. The van der Waals surface area contributed by atoms with E-state index in [2.05, 4.69) is 20.3 Å². The summed E-state index contributed by atoms with van der Waals surface area (Å²) in [6.07, 6.45) is 0.941. The van der Waals surface area contributed by atoms with Crippen molar-refractivity contribution < 1.29 is 17.9 Å². The number of aromatic nitrogens is 3. The summed E-state index contributed by atoms with van der Waals surface area (Å²) in [5.74, 6) is 0.739. The van der Waals surface area contributed by atoms with E-state index < -0.39 is 11.7 Å². The fourth-order valence-electron chi connectivity index (χ4n) is 3.28. The molecule has 3 heterocycles. The van der Waals surface area contributed by atoms with E-state index in [1.165, 1.54) is 12.1 Å². The van der Waals surface area contributed by atoms with Crippen molar-refractivity contribution in [2.75, 3.05) is 19.7 Å². The average Bonchev–Trinajstić information content (AvgIpc) is 2.72. The van der Waals surface area contributed by atoms with Crippen molar-refractivity contribution in [3.8, 4) is 17.1 Å². The lowest BCUT2D eigenvalue weighted by atomic mass is 10.0. The zero-order chi connectivity index (χ0) is 19.6. The van der Waals surface area contributed by atoms with Crippen LogP contribution in [0, 0.1) is 5.92 Å². The van der Waals surface area contributed by atoms with Crippen LogP contribution in [0.3, 0.4) is 0 Å². The molecule has 4 rings (SSSR count). The number of nitrogens with one attached hydrogen (secondary N) is 1. The molecule has 0 aliphatic carbocycles. The van der Waals surface area contributed by atoms with Gasteiger partial charge in [-0.25, -0.2) is 9.97 Å². The molecule has 2 aromatic heterocycles. The molecule has 0 bridgehead atoms. The molecular formula is C20H19F3N4O. The molecule has 1 fully saturated rings. The molecule has 0 radical (unpaired) electrons. The Balaban J connectivity index is 1.65. The van der Waals surface area contributed by atoms with Crippen LogP contribution in [0.4, 0.5) is 13.2 Å². The van der Waals surface area contributed by atoms with E-state index in [9.17, 15) is 13.2 Å². The SMILES string of the molecule is FC(F)(F)c1ccc(-c2cc3nccnc3c(OCC3CCCNC3)n2)cc1. The monoisotopic (exact) mass is 388 g/mol. The van der Waals surface area contributed by atoms with Crippen LogP contribution in [0.2, 0.25) is 0 Å². The Hall–Kier alpha value is -2.74. The molecule has 0 spiro atoms. The van der Waals surface area contributed by atoms with Crippen molar-refractivity contribution in [1.82, 2.24) is 20.3 Å². The fraction of sp³-hybridized carbons (Fsp3) is 0.350. The highest BCUT2D eigenvalue weighted by atomic mass is 19.4. The molecule has 146 valence electrons. The van der Waals surface area contributed by atoms with Gasteiger partial charge in [-0.1, -0.05) is 12.1 Å². The van der Waals surface area contributed by atoms with Crippen molar-refractivity contribution in [3.63, 3.8) is 0 Å². The van der Waals surface area contributed by atoms with Crippen molar-refractivity contribution in [2.24, 2.45) is 5.92 Å². The first-order valence-corrected chi connectivity index (χ1v) is 9.13. The standard InChI is InChI=1S/C20H19F3N4O/c21-20(22,23)15-5-3-14(4-6-15)16-10-17-18(26-9-8-25-17)19(27-16)28-12-13-2-1-7-24-11-13/h3-6,8-10,13,24H,1-2,7,11-12H2. The Morgan fingerprint density at radius 1 is 1.11 bits per heavy atom. The Bertz CT molecular complexity index is 954. The van der Waals surface area contributed by atoms with Crippen molar-refractivity contribution in [2.45, 2.75) is 19.0 Å². The summed E-state index contributed by atoms with van der Waals surface area (Å²) in [6.45, 7) is 2.41. The summed E-state index contributed by atoms with van der Waals surface area (Å²) in [6, 6.07) is 6.61. The number of piperidine rings is 1. The van der Waals surface area contributed by atoms with Gasteiger partial charge in [-0.3, -0.25) is 4.98 Å². The molecule has 0 saturated carbocycles. The number of nitrogens with zero attached hydrogens (tertiary/aromatic N) is 3. The first-order chi connectivity index (χ1) is 13.5. The molecule has 1 saturated heterocycles. The molecule has 1 aliphatic heterocycles. The maximum Gasteiger partial charge on any atom is 0.416 e. The van der Waals surface area contributed by atoms with Gasteiger partial charge in [0.25, 0.3) is 0 Å². The van der Waals surface area contributed by atoms with Crippen LogP contribution in [0.15, 0.2) is 42.7 Å². The molecule has 1 N–H and O–H groups in total. The molecule has 5 nitrogen and oxygen atoms in total. The highest BCUT2D eigenvalue weighted by molar-refractivity contribution is 5.83. The van der Waals surface area contributed by atoms with Crippen LogP contribution in [0.5, 0.6) is 5.88 Å². The number of rotatable bonds is 4. The number of ether oxygens (including phenoxy) is 1. The van der Waals surface area contributed by atoms with E-state index in [0.717, 1.165) is 38.1 Å². The van der Waals surface area contributed by atoms with Gasteiger partial charge in [-0.15, -0.1) is 0 Å². The number of alkyl halides is 3. The Kier molecular flexibility index (Phi) is 5.13. The highest BCUT2D eigenvalue weighted by Gasteiger charge is 2.30. The van der Waals surface area contributed by atoms with E-state index in [1.54, 1.807) is 18.5 Å². The third-order valence-electron chi connectivity index (χ3n) is 4.79. The minimum atomic E-state index is -4.37. The molecule has 1 aliphatic rings. The third kappa shape index (κ3) is 4.06. The van der Waals surface area contributed by atoms with Crippen LogP contribution in [-0.4, -0.2) is 34.6 Å². The second kappa shape index (κ2) is 7.71. The molecule has 1 unspecified atom stereocenters. The minimum Gasteiger partial charge on any atom is -0.476 e. The molecule has 28 heavy (non-hydrogen) atoms.